The molecule has 0 spiro atoms. The first-order chi connectivity index (χ1) is 19.5. The molecule has 0 fully saturated rings. The highest BCUT2D eigenvalue weighted by atomic mass is 16.4. The fraction of sp³-hybridized carbons (Fsp3) is 0.316. The quantitative estimate of drug-likeness (QED) is 0.254. The Morgan fingerprint density at radius 1 is 0.381 bits per heavy atom. The topological polar surface area (TPSA) is 74.6 Å². The van der Waals surface area contributed by atoms with Gasteiger partial charge in [-0.15, -0.1) is 0 Å². The molecule has 0 amide bonds. The van der Waals surface area contributed by atoms with Gasteiger partial charge in [-0.2, -0.15) is 0 Å². The van der Waals surface area contributed by atoms with E-state index in [9.17, 15) is 19.8 Å². The van der Waals surface area contributed by atoms with Gasteiger partial charge in [0.1, 0.15) is 0 Å². The molecular weight excluding hydrogens is 520 g/mol. The van der Waals surface area contributed by atoms with Crippen LogP contribution in [0.5, 0.6) is 0 Å². The minimum atomic E-state index is -0.920. The first-order valence-corrected chi connectivity index (χ1v) is 14.4. The molecule has 4 aromatic carbocycles. The van der Waals surface area contributed by atoms with Crippen LogP contribution >= 0.6 is 0 Å². The van der Waals surface area contributed by atoms with Crippen LogP contribution in [-0.2, 0) is 0 Å². The average molecular weight is 563 g/mol. The summed E-state index contributed by atoms with van der Waals surface area (Å²) in [6, 6.07) is 8.02. The predicted molar refractivity (Wildman–Crippen MR) is 174 cm³/mol. The smallest absolute Gasteiger partial charge is 0.336 e. The lowest BCUT2D eigenvalue weighted by molar-refractivity contribution is 0.0685. The van der Waals surface area contributed by atoms with E-state index in [1.165, 1.54) is 38.9 Å². The van der Waals surface area contributed by atoms with Crippen molar-refractivity contribution in [3.63, 3.8) is 0 Å². The van der Waals surface area contributed by atoms with Crippen LogP contribution in [0.1, 0.15) is 87.5 Å². The minimum absolute atomic E-state index is 0.302. The third kappa shape index (κ3) is 4.73. The summed E-state index contributed by atoms with van der Waals surface area (Å²) in [7, 11) is 0. The van der Waals surface area contributed by atoms with Crippen LogP contribution in [0.3, 0.4) is 0 Å². The second-order valence-electron chi connectivity index (χ2n) is 12.1. The first kappa shape index (κ1) is 30.8. The Kier molecular flexibility index (Phi) is 7.99. The van der Waals surface area contributed by atoms with Crippen molar-refractivity contribution in [1.82, 2.24) is 0 Å². The van der Waals surface area contributed by atoms with Crippen LogP contribution in [0.2, 0.25) is 0 Å². The van der Waals surface area contributed by atoms with Gasteiger partial charge in [-0.05, 0) is 195 Å². The van der Waals surface area contributed by atoms with Crippen LogP contribution < -0.4 is 0 Å². The SMILES string of the molecule is Cc1cc(C(=O)O)cc(C)c1-c1c(C)cc(C)c(-c2c(C)cc(C)c(-c3c(C)c(C)c(C(=O)O)c(C)c3C)c2C)c1C. The monoisotopic (exact) mass is 562 g/mol. The van der Waals surface area contributed by atoms with E-state index in [1.807, 2.05) is 41.5 Å². The maximum absolute atomic E-state index is 12.1. The van der Waals surface area contributed by atoms with Gasteiger partial charge in [0.15, 0.2) is 0 Å². The molecule has 218 valence electrons. The highest BCUT2D eigenvalue weighted by Crippen LogP contribution is 2.46. The molecule has 0 aromatic heterocycles. The summed E-state index contributed by atoms with van der Waals surface area (Å²) in [5.74, 6) is -1.81. The fourth-order valence-electron chi connectivity index (χ4n) is 7.40. The summed E-state index contributed by atoms with van der Waals surface area (Å²) >= 11 is 0. The van der Waals surface area contributed by atoms with Gasteiger partial charge in [-0.3, -0.25) is 0 Å². The lowest BCUT2D eigenvalue weighted by Crippen LogP contribution is -2.10. The van der Waals surface area contributed by atoms with Crippen molar-refractivity contribution in [3.05, 3.63) is 102 Å². The maximum Gasteiger partial charge on any atom is 0.336 e. The fourth-order valence-corrected chi connectivity index (χ4v) is 7.40. The van der Waals surface area contributed by atoms with E-state index >= 15 is 0 Å². The molecule has 0 aliphatic carbocycles. The molecule has 0 bridgehead atoms. The molecule has 0 heterocycles. The molecule has 4 nitrogen and oxygen atoms in total. The molecule has 42 heavy (non-hydrogen) atoms. The van der Waals surface area contributed by atoms with Gasteiger partial charge in [-0.1, -0.05) is 12.1 Å². The molecule has 4 rings (SSSR count). The van der Waals surface area contributed by atoms with Gasteiger partial charge in [0.25, 0.3) is 0 Å². The number of rotatable bonds is 5. The van der Waals surface area contributed by atoms with Gasteiger partial charge in [0.2, 0.25) is 0 Å². The molecule has 4 heteroatoms. The van der Waals surface area contributed by atoms with Crippen molar-refractivity contribution in [1.29, 1.82) is 0 Å². The van der Waals surface area contributed by atoms with Gasteiger partial charge >= 0.3 is 11.9 Å². The van der Waals surface area contributed by atoms with Crippen LogP contribution in [0.25, 0.3) is 33.4 Å². The zero-order valence-corrected chi connectivity index (χ0v) is 27.0. The van der Waals surface area contributed by atoms with Crippen molar-refractivity contribution < 1.29 is 19.8 Å². The number of benzene rings is 4. The summed E-state index contributed by atoms with van der Waals surface area (Å²) in [5, 5.41) is 19.6. The lowest BCUT2D eigenvalue weighted by atomic mass is 9.77. The Labute approximate surface area is 250 Å². The zero-order chi connectivity index (χ0) is 31.5. The van der Waals surface area contributed by atoms with Gasteiger partial charge in [-0.25, -0.2) is 9.59 Å². The van der Waals surface area contributed by atoms with E-state index in [0.717, 1.165) is 61.2 Å². The molecule has 0 atom stereocenters. The standard InChI is InChI=1S/C38H42O4/c1-17-13-18(2)32(27(11)31(17)30-21(5)15-29(37(39)40)16-22(30)6)33-19(3)14-20(4)34(28(33)12)35-23(7)25(9)36(38(41)42)26(10)24(35)8/h13-16H,1-12H3,(H,39,40)(H,41,42). The van der Waals surface area contributed by atoms with Crippen molar-refractivity contribution >= 4 is 11.9 Å². The first-order valence-electron chi connectivity index (χ1n) is 14.4. The van der Waals surface area contributed by atoms with Crippen molar-refractivity contribution in [2.24, 2.45) is 0 Å². The van der Waals surface area contributed by atoms with Crippen molar-refractivity contribution in [2.75, 3.05) is 0 Å². The summed E-state index contributed by atoms with van der Waals surface area (Å²) < 4.78 is 0. The Morgan fingerprint density at radius 2 is 0.690 bits per heavy atom. The summed E-state index contributed by atoms with van der Waals surface area (Å²) in [4.78, 5) is 23.9. The van der Waals surface area contributed by atoms with Crippen LogP contribution in [0.4, 0.5) is 0 Å². The van der Waals surface area contributed by atoms with Crippen LogP contribution in [0, 0.1) is 83.1 Å². The van der Waals surface area contributed by atoms with Crippen molar-refractivity contribution in [3.8, 4) is 33.4 Å². The molecule has 0 radical (unpaired) electrons. The minimum Gasteiger partial charge on any atom is -0.478 e. The Morgan fingerprint density at radius 3 is 1.02 bits per heavy atom. The van der Waals surface area contributed by atoms with E-state index in [1.54, 1.807) is 12.1 Å². The molecule has 0 aliphatic rings. The third-order valence-electron chi connectivity index (χ3n) is 9.31. The molecule has 4 aromatic rings. The van der Waals surface area contributed by atoms with Gasteiger partial charge in [0.05, 0.1) is 11.1 Å². The Hall–Kier alpha value is -4.18. The number of hydrogen-bond acceptors (Lipinski definition) is 2. The van der Waals surface area contributed by atoms with E-state index in [4.69, 9.17) is 0 Å². The maximum atomic E-state index is 12.1. The number of aryl methyl sites for hydroxylation is 6. The van der Waals surface area contributed by atoms with E-state index < -0.39 is 11.9 Å². The van der Waals surface area contributed by atoms with E-state index in [2.05, 4.69) is 53.7 Å². The second-order valence-corrected chi connectivity index (χ2v) is 12.1. The predicted octanol–water partition coefficient (Wildman–Crippen LogP) is 9.79. The number of aromatic carboxylic acids is 2. The van der Waals surface area contributed by atoms with Gasteiger partial charge in [0, 0.05) is 0 Å². The highest BCUT2D eigenvalue weighted by molar-refractivity contribution is 5.97. The number of carboxylic acids is 2. The van der Waals surface area contributed by atoms with E-state index in [0.29, 0.717) is 11.1 Å². The average Bonchev–Trinajstić information content (AvgIpc) is 2.87. The second kappa shape index (κ2) is 10.9. The molecule has 0 saturated heterocycles. The van der Waals surface area contributed by atoms with E-state index in [-0.39, 0.29) is 0 Å². The molecular formula is C38H42O4. The molecule has 0 unspecified atom stereocenters. The molecule has 0 aliphatic heterocycles. The van der Waals surface area contributed by atoms with Crippen LogP contribution in [0.15, 0.2) is 24.3 Å². The number of hydrogen-bond donors (Lipinski definition) is 2. The molecule has 0 saturated carbocycles. The Bertz CT molecular complexity index is 1780. The summed E-state index contributed by atoms with van der Waals surface area (Å²) in [6.07, 6.45) is 0. The summed E-state index contributed by atoms with van der Waals surface area (Å²) in [5.41, 5.74) is 20.2. The third-order valence-corrected chi connectivity index (χ3v) is 9.31. The number of carbonyl (C=O) groups is 2. The van der Waals surface area contributed by atoms with Gasteiger partial charge < -0.3 is 10.2 Å². The van der Waals surface area contributed by atoms with Crippen LogP contribution in [-0.4, -0.2) is 22.2 Å². The Balaban J connectivity index is 2.12. The zero-order valence-electron chi connectivity index (χ0n) is 27.0. The van der Waals surface area contributed by atoms with Crippen molar-refractivity contribution in [2.45, 2.75) is 83.1 Å². The normalized spacial score (nSPS) is 11.2. The lowest BCUT2D eigenvalue weighted by Gasteiger charge is -2.27. The highest BCUT2D eigenvalue weighted by Gasteiger charge is 2.26. The number of carboxylic acid groups (broad SMARTS) is 2. The summed E-state index contributed by atoms with van der Waals surface area (Å²) in [6.45, 7) is 24.9. The largest absolute Gasteiger partial charge is 0.478 e. The molecule has 2 N–H and O–H groups in total.